The molecule has 0 amide bonds. The predicted octanol–water partition coefficient (Wildman–Crippen LogP) is 4.43. The van der Waals surface area contributed by atoms with Gasteiger partial charge in [-0.1, -0.05) is 34.6 Å². The Hall–Kier alpha value is -0.276. The first-order valence-electron chi connectivity index (χ1n) is 10.9. The summed E-state index contributed by atoms with van der Waals surface area (Å²) in [6.07, 6.45) is 2.36. The Morgan fingerprint density at radius 1 is 1.23 bits per heavy atom. The minimum absolute atomic E-state index is 0.0890. The molecule has 1 aromatic rings. The Morgan fingerprint density at radius 2 is 1.81 bits per heavy atom. The van der Waals surface area contributed by atoms with Gasteiger partial charge in [-0.05, 0) is 77.6 Å². The van der Waals surface area contributed by atoms with Crippen molar-refractivity contribution in [2.75, 3.05) is 6.61 Å². The van der Waals surface area contributed by atoms with Crippen LogP contribution in [-0.4, -0.2) is 43.7 Å². The lowest BCUT2D eigenvalue weighted by Crippen LogP contribution is -2.44. The van der Waals surface area contributed by atoms with Crippen LogP contribution in [0.5, 0.6) is 0 Å². The molecule has 1 aliphatic heterocycles. The number of nitrogens with one attached hydrogen (secondary N) is 1. The summed E-state index contributed by atoms with van der Waals surface area (Å²) in [7, 11) is -4.37. The molecular formula is C21H39IN2O5Si2. The summed E-state index contributed by atoms with van der Waals surface area (Å²) in [5.74, 6) is 0.139. The number of hydrogen-bond donors (Lipinski definition) is 2. The van der Waals surface area contributed by atoms with Crippen molar-refractivity contribution >= 4 is 39.2 Å². The summed E-state index contributed by atoms with van der Waals surface area (Å²) in [6.45, 7) is 19.7. The van der Waals surface area contributed by atoms with E-state index in [1.807, 2.05) is 35.7 Å². The largest absolute Gasteiger partial charge is 0.432 e. The number of rotatable bonds is 7. The first-order valence-corrected chi connectivity index (χ1v) is 17.8. The predicted molar refractivity (Wildman–Crippen MR) is 138 cm³/mol. The van der Waals surface area contributed by atoms with Crippen LogP contribution in [0.3, 0.4) is 0 Å². The number of H-pyrrole nitrogens is 1. The number of aromatic amines is 1. The van der Waals surface area contributed by atoms with E-state index in [-0.39, 0.29) is 27.7 Å². The molecule has 0 radical (unpaired) electrons. The lowest BCUT2D eigenvalue weighted by molar-refractivity contribution is -0.0314. The molecule has 2 heterocycles. The highest BCUT2D eigenvalue weighted by molar-refractivity contribution is 14.1. The second kappa shape index (κ2) is 9.17. The maximum atomic E-state index is 12.5. The van der Waals surface area contributed by atoms with Gasteiger partial charge >= 0.3 is 5.69 Å². The van der Waals surface area contributed by atoms with E-state index in [0.717, 1.165) is 6.42 Å². The van der Waals surface area contributed by atoms with Gasteiger partial charge in [0.2, 0.25) is 0 Å². The van der Waals surface area contributed by atoms with Crippen LogP contribution in [-0.2, 0) is 9.16 Å². The molecule has 0 spiro atoms. The van der Waals surface area contributed by atoms with Crippen LogP contribution in [0, 0.1) is 9.49 Å². The Morgan fingerprint density at radius 3 is 2.32 bits per heavy atom. The standard InChI is InChI=1S/C21H39IN2O5Si2/c1-20(2,3)31(8,9)28-13-16-14(11-21(4,5)30(6,7)27)10-17(29-16)24-12-15(22)18(25)23-19(24)26/h12,14,16-17,27H,10-11,13H2,1-9H3,(H,23,25,26)/t14-,16+,17+/m0/s1. The Bertz CT molecular complexity index is 899. The quantitative estimate of drug-likeness (QED) is 0.367. The maximum Gasteiger partial charge on any atom is 0.330 e. The van der Waals surface area contributed by atoms with Crippen molar-refractivity contribution in [3.8, 4) is 0 Å². The van der Waals surface area contributed by atoms with Crippen molar-refractivity contribution in [2.45, 2.75) is 96.1 Å². The number of ether oxygens (including phenoxy) is 1. The molecular weight excluding hydrogens is 543 g/mol. The summed E-state index contributed by atoms with van der Waals surface area (Å²) < 4.78 is 14.8. The van der Waals surface area contributed by atoms with Gasteiger partial charge in [0.25, 0.3) is 5.56 Å². The van der Waals surface area contributed by atoms with Gasteiger partial charge in [-0.15, -0.1) is 0 Å². The molecule has 0 unspecified atom stereocenters. The van der Waals surface area contributed by atoms with Gasteiger partial charge in [-0.25, -0.2) is 4.79 Å². The van der Waals surface area contributed by atoms with Gasteiger partial charge in [-0.2, -0.15) is 0 Å². The SMILES string of the molecule is CC(C)(C[C@@H]1C[C@H](n2cc(I)c(=O)[nH]c2=O)O[C@@H]1CO[Si](C)(C)C(C)(C)C)[Si](C)(C)O. The zero-order valence-electron chi connectivity index (χ0n) is 20.3. The Labute approximate surface area is 201 Å². The molecule has 7 nitrogen and oxygen atoms in total. The van der Waals surface area contributed by atoms with Gasteiger partial charge in [0.05, 0.1) is 16.3 Å². The Balaban J connectivity index is 2.32. The fourth-order valence-electron chi connectivity index (χ4n) is 3.44. The van der Waals surface area contributed by atoms with E-state index >= 15 is 0 Å². The summed E-state index contributed by atoms with van der Waals surface area (Å²) in [5, 5.41) is -0.124. The molecule has 0 aromatic carbocycles. The average molecular weight is 583 g/mol. The van der Waals surface area contributed by atoms with E-state index in [4.69, 9.17) is 9.16 Å². The van der Waals surface area contributed by atoms with Crippen molar-refractivity contribution in [3.63, 3.8) is 0 Å². The zero-order chi connectivity index (χ0) is 24.0. The molecule has 0 saturated carbocycles. The normalized spacial score (nSPS) is 23.4. The van der Waals surface area contributed by atoms with Crippen LogP contribution in [0.15, 0.2) is 15.8 Å². The third-order valence-electron chi connectivity index (χ3n) is 7.44. The van der Waals surface area contributed by atoms with Crippen LogP contribution in [0.4, 0.5) is 0 Å². The van der Waals surface area contributed by atoms with Crippen LogP contribution >= 0.6 is 22.6 Å². The summed E-state index contributed by atoms with van der Waals surface area (Å²) in [5.41, 5.74) is -0.848. The third kappa shape index (κ3) is 6.20. The van der Waals surface area contributed by atoms with Crippen LogP contribution in [0.25, 0.3) is 0 Å². The highest BCUT2D eigenvalue weighted by atomic mass is 127. The van der Waals surface area contributed by atoms with E-state index in [1.165, 1.54) is 4.57 Å². The molecule has 3 atom stereocenters. The molecule has 178 valence electrons. The second-order valence-corrected chi connectivity index (χ2v) is 21.9. The molecule has 1 saturated heterocycles. The van der Waals surface area contributed by atoms with E-state index in [0.29, 0.717) is 16.6 Å². The molecule has 1 aromatic heterocycles. The number of aromatic nitrogens is 2. The average Bonchev–Trinajstić information content (AvgIpc) is 2.96. The number of hydrogen-bond acceptors (Lipinski definition) is 5. The third-order valence-corrected chi connectivity index (χ3v) is 16.2. The monoisotopic (exact) mass is 582 g/mol. The Kier molecular flexibility index (Phi) is 7.98. The minimum atomic E-state index is -2.40. The van der Waals surface area contributed by atoms with Crippen molar-refractivity contribution in [2.24, 2.45) is 5.92 Å². The molecule has 1 aliphatic rings. The fourth-order valence-corrected chi connectivity index (χ4v) is 5.65. The van der Waals surface area contributed by atoms with Crippen molar-refractivity contribution in [1.29, 1.82) is 0 Å². The van der Waals surface area contributed by atoms with Gasteiger partial charge in [-0.3, -0.25) is 14.3 Å². The highest BCUT2D eigenvalue weighted by Gasteiger charge is 2.46. The molecule has 2 rings (SSSR count). The minimum Gasteiger partial charge on any atom is -0.432 e. The van der Waals surface area contributed by atoms with Crippen molar-refractivity contribution in [3.05, 3.63) is 30.6 Å². The van der Waals surface area contributed by atoms with E-state index in [9.17, 15) is 14.4 Å². The van der Waals surface area contributed by atoms with E-state index in [1.54, 1.807) is 6.20 Å². The van der Waals surface area contributed by atoms with E-state index < -0.39 is 28.6 Å². The van der Waals surface area contributed by atoms with E-state index in [2.05, 4.69) is 52.7 Å². The molecule has 31 heavy (non-hydrogen) atoms. The molecule has 0 aliphatic carbocycles. The summed E-state index contributed by atoms with van der Waals surface area (Å²) in [4.78, 5) is 37.4. The maximum absolute atomic E-state index is 12.5. The lowest BCUT2D eigenvalue weighted by Gasteiger charge is -2.39. The highest BCUT2D eigenvalue weighted by Crippen LogP contribution is 2.47. The first kappa shape index (κ1) is 27.0. The number of nitrogens with zero attached hydrogens (tertiary/aromatic N) is 1. The molecule has 10 heteroatoms. The fraction of sp³-hybridized carbons (Fsp3) is 0.810. The van der Waals surface area contributed by atoms with Crippen LogP contribution in [0.2, 0.25) is 36.3 Å². The zero-order valence-corrected chi connectivity index (χ0v) is 24.5. The first-order chi connectivity index (χ1) is 13.9. The summed E-state index contributed by atoms with van der Waals surface area (Å²) >= 11 is 1.93. The molecule has 0 bridgehead atoms. The van der Waals surface area contributed by atoms with Crippen LogP contribution in [0.1, 0.15) is 53.7 Å². The van der Waals surface area contributed by atoms with Gasteiger partial charge in [0, 0.05) is 6.20 Å². The summed E-state index contributed by atoms with van der Waals surface area (Å²) in [6, 6.07) is 0. The topological polar surface area (TPSA) is 93.6 Å². The smallest absolute Gasteiger partial charge is 0.330 e. The van der Waals surface area contributed by atoms with Crippen molar-refractivity contribution in [1.82, 2.24) is 9.55 Å². The van der Waals surface area contributed by atoms with Gasteiger partial charge in [0.1, 0.15) is 6.23 Å². The van der Waals surface area contributed by atoms with Crippen LogP contribution < -0.4 is 11.2 Å². The molecule has 2 N–H and O–H groups in total. The molecule has 1 fully saturated rings. The lowest BCUT2D eigenvalue weighted by atomic mass is 9.90. The van der Waals surface area contributed by atoms with Gasteiger partial charge in [0.15, 0.2) is 16.6 Å². The number of halogens is 1. The second-order valence-electron chi connectivity index (χ2n) is 11.5. The van der Waals surface area contributed by atoms with Crippen molar-refractivity contribution < 1.29 is 14.0 Å². The van der Waals surface area contributed by atoms with Gasteiger partial charge < -0.3 is 14.0 Å².